The first-order chi connectivity index (χ1) is 6.13. The zero-order valence-corrected chi connectivity index (χ0v) is 7.97. The van der Waals surface area contributed by atoms with Crippen molar-refractivity contribution in [1.29, 1.82) is 0 Å². The molecule has 1 rings (SSSR count). The van der Waals surface area contributed by atoms with Crippen molar-refractivity contribution in [3.63, 3.8) is 0 Å². The lowest BCUT2D eigenvalue weighted by molar-refractivity contribution is 0.0996. The molecule has 1 amide bonds. The number of nitrogens with two attached hydrogens (primary N) is 1. The van der Waals surface area contributed by atoms with E-state index < -0.39 is 5.91 Å². The van der Waals surface area contributed by atoms with Gasteiger partial charge in [0.15, 0.2) is 5.13 Å². The summed E-state index contributed by atoms with van der Waals surface area (Å²) < 4.78 is 0. The molecule has 4 N–H and O–H groups in total. The number of aliphatic hydroxyl groups excluding tert-OH is 1. The summed E-state index contributed by atoms with van der Waals surface area (Å²) in [5, 5.41) is 13.8. The summed E-state index contributed by atoms with van der Waals surface area (Å²) in [5.74, 6) is -0.541. The molecule has 0 radical (unpaired) electrons. The largest absolute Gasteiger partial charge is 0.394 e. The van der Waals surface area contributed by atoms with Crippen LogP contribution in [0.5, 0.6) is 0 Å². The lowest BCUT2D eigenvalue weighted by Crippen LogP contribution is -2.19. The number of carbonyl (C=O) groups excluding carboxylic acids is 1. The predicted molar refractivity (Wildman–Crippen MR) is 50.8 cm³/mol. The predicted octanol–water partition coefficient (Wildman–Crippen LogP) is 0.0347. The number of aromatic nitrogens is 1. The minimum Gasteiger partial charge on any atom is -0.394 e. The van der Waals surface area contributed by atoms with Crippen molar-refractivity contribution in [1.82, 2.24) is 4.98 Å². The van der Waals surface area contributed by atoms with Crippen molar-refractivity contribution in [2.24, 2.45) is 5.73 Å². The molecule has 1 heterocycles. The lowest BCUT2D eigenvalue weighted by Gasteiger charge is -2.07. The van der Waals surface area contributed by atoms with Crippen LogP contribution in [0.4, 0.5) is 5.13 Å². The fourth-order valence-electron chi connectivity index (χ4n) is 0.710. The summed E-state index contributed by atoms with van der Waals surface area (Å²) in [5.41, 5.74) is 5.27. The van der Waals surface area contributed by atoms with E-state index in [1.165, 1.54) is 11.3 Å². The minimum atomic E-state index is -0.541. The third kappa shape index (κ3) is 2.67. The smallest absolute Gasteiger partial charge is 0.268 e. The number of amides is 1. The highest BCUT2D eigenvalue weighted by molar-refractivity contribution is 7.13. The Morgan fingerprint density at radius 1 is 1.92 bits per heavy atom. The molecule has 0 aliphatic carbocycles. The van der Waals surface area contributed by atoms with Crippen molar-refractivity contribution >= 4 is 22.4 Å². The van der Waals surface area contributed by atoms with Crippen LogP contribution in [0.1, 0.15) is 17.4 Å². The maximum atomic E-state index is 10.7. The van der Waals surface area contributed by atoms with Gasteiger partial charge in [0.1, 0.15) is 5.69 Å². The Morgan fingerprint density at radius 3 is 3.08 bits per heavy atom. The van der Waals surface area contributed by atoms with Gasteiger partial charge < -0.3 is 16.2 Å². The third-order valence-corrected chi connectivity index (χ3v) is 2.17. The third-order valence-electron chi connectivity index (χ3n) is 1.40. The van der Waals surface area contributed by atoms with E-state index in [4.69, 9.17) is 10.8 Å². The van der Waals surface area contributed by atoms with E-state index in [1.807, 2.05) is 6.92 Å². The first kappa shape index (κ1) is 9.94. The number of hydrogen-bond acceptors (Lipinski definition) is 5. The van der Waals surface area contributed by atoms with Crippen molar-refractivity contribution in [2.75, 3.05) is 11.9 Å². The van der Waals surface area contributed by atoms with Gasteiger partial charge in [0.05, 0.1) is 6.61 Å². The van der Waals surface area contributed by atoms with Crippen molar-refractivity contribution < 1.29 is 9.90 Å². The number of primary amides is 1. The number of nitrogens with one attached hydrogen (secondary N) is 1. The maximum Gasteiger partial charge on any atom is 0.268 e. The number of hydrogen-bond donors (Lipinski definition) is 3. The van der Waals surface area contributed by atoms with Crippen LogP contribution in [0.3, 0.4) is 0 Å². The van der Waals surface area contributed by atoms with Gasteiger partial charge in [-0.2, -0.15) is 0 Å². The molecule has 1 aromatic heterocycles. The Morgan fingerprint density at radius 2 is 2.62 bits per heavy atom. The number of nitrogens with zero attached hydrogens (tertiary/aromatic N) is 1. The second-order valence-electron chi connectivity index (χ2n) is 2.63. The van der Waals surface area contributed by atoms with Crippen LogP contribution < -0.4 is 11.1 Å². The van der Waals surface area contributed by atoms with E-state index in [1.54, 1.807) is 5.38 Å². The second kappa shape index (κ2) is 4.20. The summed E-state index contributed by atoms with van der Waals surface area (Å²) in [6.45, 7) is 1.83. The average molecular weight is 201 g/mol. The highest BCUT2D eigenvalue weighted by Crippen LogP contribution is 2.15. The molecule has 0 spiro atoms. The van der Waals surface area contributed by atoms with Crippen LogP contribution >= 0.6 is 11.3 Å². The zero-order chi connectivity index (χ0) is 9.84. The zero-order valence-electron chi connectivity index (χ0n) is 7.15. The standard InChI is InChI=1S/C7H11N3O2S/c1-4(2-11)9-7-10-5(3-13-7)6(8)12/h3-4,11H,2H2,1H3,(H2,8,12)(H,9,10). The van der Waals surface area contributed by atoms with E-state index in [-0.39, 0.29) is 18.3 Å². The number of rotatable bonds is 4. The van der Waals surface area contributed by atoms with Crippen molar-refractivity contribution in [3.8, 4) is 0 Å². The minimum absolute atomic E-state index is 0.0193. The van der Waals surface area contributed by atoms with Gasteiger partial charge >= 0.3 is 0 Å². The van der Waals surface area contributed by atoms with Crippen LogP contribution in [0.25, 0.3) is 0 Å². The SMILES string of the molecule is CC(CO)Nc1nc(C(N)=O)cs1. The molecule has 0 saturated carbocycles. The fourth-order valence-corrected chi connectivity index (χ4v) is 1.52. The van der Waals surface area contributed by atoms with Crippen LogP contribution in [0.2, 0.25) is 0 Å². The van der Waals surface area contributed by atoms with Gasteiger partial charge in [-0.25, -0.2) is 4.98 Å². The number of anilines is 1. The van der Waals surface area contributed by atoms with E-state index in [0.29, 0.717) is 5.13 Å². The Balaban J connectivity index is 2.64. The topological polar surface area (TPSA) is 88.2 Å². The second-order valence-corrected chi connectivity index (χ2v) is 3.49. The Kier molecular flexibility index (Phi) is 3.21. The summed E-state index contributed by atoms with van der Waals surface area (Å²) in [6.07, 6.45) is 0. The molecule has 72 valence electrons. The quantitative estimate of drug-likeness (QED) is 0.641. The van der Waals surface area contributed by atoms with Crippen molar-refractivity contribution in [3.05, 3.63) is 11.1 Å². The Labute approximate surface area is 79.6 Å². The van der Waals surface area contributed by atoms with Crippen molar-refractivity contribution in [2.45, 2.75) is 13.0 Å². The molecule has 6 heteroatoms. The van der Waals surface area contributed by atoms with Gasteiger partial charge in [-0.05, 0) is 6.92 Å². The van der Waals surface area contributed by atoms with Crippen LogP contribution in [0.15, 0.2) is 5.38 Å². The molecule has 0 aliphatic rings. The Hall–Kier alpha value is -1.14. The molecule has 0 bridgehead atoms. The number of carbonyl (C=O) groups is 1. The molecule has 0 aliphatic heterocycles. The van der Waals surface area contributed by atoms with Gasteiger partial charge in [0, 0.05) is 11.4 Å². The molecular weight excluding hydrogens is 190 g/mol. The van der Waals surface area contributed by atoms with Crippen LogP contribution in [-0.2, 0) is 0 Å². The van der Waals surface area contributed by atoms with E-state index in [9.17, 15) is 4.79 Å². The highest BCUT2D eigenvalue weighted by atomic mass is 32.1. The molecule has 0 saturated heterocycles. The average Bonchev–Trinajstić information content (AvgIpc) is 2.52. The fraction of sp³-hybridized carbons (Fsp3) is 0.429. The summed E-state index contributed by atoms with van der Waals surface area (Å²) in [4.78, 5) is 14.6. The molecule has 1 unspecified atom stereocenters. The van der Waals surface area contributed by atoms with Crippen LogP contribution in [-0.4, -0.2) is 28.6 Å². The van der Waals surface area contributed by atoms with E-state index >= 15 is 0 Å². The summed E-state index contributed by atoms with van der Waals surface area (Å²) in [7, 11) is 0. The van der Waals surface area contributed by atoms with Gasteiger partial charge in [0.25, 0.3) is 5.91 Å². The van der Waals surface area contributed by atoms with Gasteiger partial charge in [0.2, 0.25) is 0 Å². The van der Waals surface area contributed by atoms with Gasteiger partial charge in [-0.1, -0.05) is 0 Å². The molecular formula is C7H11N3O2S. The molecule has 1 aromatic rings. The first-order valence-corrected chi connectivity index (χ1v) is 4.64. The summed E-state index contributed by atoms with van der Waals surface area (Å²) in [6, 6.07) is -0.0770. The monoisotopic (exact) mass is 201 g/mol. The van der Waals surface area contributed by atoms with E-state index in [0.717, 1.165) is 0 Å². The Bertz CT molecular complexity index is 300. The summed E-state index contributed by atoms with van der Waals surface area (Å²) >= 11 is 1.29. The van der Waals surface area contributed by atoms with E-state index in [2.05, 4.69) is 10.3 Å². The van der Waals surface area contributed by atoms with Gasteiger partial charge in [-0.3, -0.25) is 4.79 Å². The number of aliphatic hydroxyl groups is 1. The number of thiazole rings is 1. The molecule has 0 aromatic carbocycles. The van der Waals surface area contributed by atoms with Gasteiger partial charge in [-0.15, -0.1) is 11.3 Å². The lowest BCUT2D eigenvalue weighted by atomic mass is 10.4. The normalized spacial score (nSPS) is 12.5. The van der Waals surface area contributed by atoms with Crippen LogP contribution in [0, 0.1) is 0 Å². The molecule has 5 nitrogen and oxygen atoms in total. The molecule has 13 heavy (non-hydrogen) atoms. The molecule has 0 fully saturated rings. The molecule has 1 atom stereocenters. The maximum absolute atomic E-state index is 10.7. The highest BCUT2D eigenvalue weighted by Gasteiger charge is 2.07. The first-order valence-electron chi connectivity index (χ1n) is 3.76.